The summed E-state index contributed by atoms with van der Waals surface area (Å²) < 4.78 is 10.2. The summed E-state index contributed by atoms with van der Waals surface area (Å²) in [6.45, 7) is 7.14. The Hall–Kier alpha value is -0.940. The van der Waals surface area contributed by atoms with Crippen molar-refractivity contribution in [3.8, 4) is 0 Å². The van der Waals surface area contributed by atoms with Crippen LogP contribution in [-0.4, -0.2) is 44.7 Å². The number of nitrogens with one attached hydrogen (secondary N) is 1. The van der Waals surface area contributed by atoms with E-state index in [0.717, 1.165) is 6.42 Å². The molecule has 5 heteroatoms. The number of carbonyl (C=O) groups is 2. The third-order valence-electron chi connectivity index (χ3n) is 2.07. The van der Waals surface area contributed by atoms with Crippen LogP contribution in [0.25, 0.3) is 0 Å². The van der Waals surface area contributed by atoms with E-state index in [0.29, 0.717) is 19.8 Å². The number of hydrogen-bond acceptors (Lipinski definition) is 4. The first kappa shape index (κ1) is 16.1. The minimum Gasteiger partial charge on any atom is -0.371 e. The van der Waals surface area contributed by atoms with Crippen LogP contribution >= 0.6 is 0 Å². The van der Waals surface area contributed by atoms with Crippen LogP contribution in [0.4, 0.5) is 0 Å². The average molecular weight is 245 g/mol. The molecule has 0 radical (unpaired) electrons. The lowest BCUT2D eigenvalue weighted by atomic mass is 10.1. The number of carbonyl (C=O) groups excluding carboxylic acids is 2. The fourth-order valence-corrected chi connectivity index (χ4v) is 0.938. The second kappa shape index (κ2) is 10.2. The van der Waals surface area contributed by atoms with E-state index in [1.54, 1.807) is 0 Å². The van der Waals surface area contributed by atoms with Crippen LogP contribution in [0.1, 0.15) is 27.2 Å². The number of Topliss-reactive ketones (excluding diaryl/α,β-unsaturated/α-hetero) is 1. The molecule has 0 aliphatic rings. The van der Waals surface area contributed by atoms with Crippen molar-refractivity contribution in [3.05, 3.63) is 0 Å². The van der Waals surface area contributed by atoms with Crippen molar-refractivity contribution in [1.82, 2.24) is 5.32 Å². The maximum Gasteiger partial charge on any atom is 0.245 e. The molecule has 1 amide bonds. The van der Waals surface area contributed by atoms with Crippen molar-refractivity contribution >= 4 is 11.7 Å². The molecule has 0 aliphatic carbocycles. The first-order chi connectivity index (χ1) is 8.07. The van der Waals surface area contributed by atoms with E-state index in [1.165, 1.54) is 0 Å². The number of amides is 1. The minimum atomic E-state index is -0.120. The topological polar surface area (TPSA) is 64.6 Å². The average Bonchev–Trinajstić information content (AvgIpc) is 2.30. The molecule has 0 unspecified atom stereocenters. The highest BCUT2D eigenvalue weighted by atomic mass is 16.5. The lowest BCUT2D eigenvalue weighted by Crippen LogP contribution is -2.28. The van der Waals surface area contributed by atoms with Crippen molar-refractivity contribution in [1.29, 1.82) is 0 Å². The molecule has 0 saturated carbocycles. The zero-order valence-electron chi connectivity index (χ0n) is 11.0. The molecule has 1 N–H and O–H groups in total. The van der Waals surface area contributed by atoms with Crippen LogP contribution in [0.15, 0.2) is 0 Å². The molecule has 17 heavy (non-hydrogen) atoms. The van der Waals surface area contributed by atoms with Crippen molar-refractivity contribution in [2.75, 3.05) is 33.0 Å². The standard InChI is InChI=1S/C12H23NO4/c1-4-5-13-12(15)9-17-7-6-16-8-11(14)10(2)3/h10H,4-9H2,1-3H3,(H,13,15). The smallest absolute Gasteiger partial charge is 0.245 e. The van der Waals surface area contributed by atoms with Crippen LogP contribution in [0.5, 0.6) is 0 Å². The van der Waals surface area contributed by atoms with Gasteiger partial charge in [0.25, 0.3) is 0 Å². The van der Waals surface area contributed by atoms with Crippen LogP contribution in [-0.2, 0) is 19.1 Å². The van der Waals surface area contributed by atoms with Gasteiger partial charge in [-0.05, 0) is 6.42 Å². The van der Waals surface area contributed by atoms with Crippen molar-refractivity contribution in [3.63, 3.8) is 0 Å². The molecule has 0 spiro atoms. The molecule has 0 fully saturated rings. The Balaban J connectivity index is 3.29. The molecule has 0 aromatic heterocycles. The summed E-state index contributed by atoms with van der Waals surface area (Å²) in [6.07, 6.45) is 0.909. The van der Waals surface area contributed by atoms with Gasteiger partial charge in [0.15, 0.2) is 5.78 Å². The Kier molecular flexibility index (Phi) is 9.66. The second-order valence-electron chi connectivity index (χ2n) is 4.08. The van der Waals surface area contributed by atoms with Gasteiger partial charge in [0.05, 0.1) is 13.2 Å². The number of ether oxygens (including phenoxy) is 2. The van der Waals surface area contributed by atoms with E-state index in [1.807, 2.05) is 20.8 Å². The van der Waals surface area contributed by atoms with E-state index in [9.17, 15) is 9.59 Å². The predicted molar refractivity (Wildman–Crippen MR) is 64.8 cm³/mol. The normalized spacial score (nSPS) is 10.6. The maximum absolute atomic E-state index is 11.2. The minimum absolute atomic E-state index is 0.00394. The van der Waals surface area contributed by atoms with Crippen LogP contribution in [0.3, 0.4) is 0 Å². The summed E-state index contributed by atoms with van der Waals surface area (Å²) >= 11 is 0. The molecule has 100 valence electrons. The Bertz CT molecular complexity index is 229. The largest absolute Gasteiger partial charge is 0.371 e. The summed E-state index contributed by atoms with van der Waals surface area (Å²) in [6, 6.07) is 0. The van der Waals surface area contributed by atoms with Crippen LogP contribution in [0.2, 0.25) is 0 Å². The second-order valence-corrected chi connectivity index (χ2v) is 4.08. The monoisotopic (exact) mass is 245 g/mol. The van der Waals surface area contributed by atoms with Gasteiger partial charge in [-0.2, -0.15) is 0 Å². The Labute approximate surface area is 103 Å². The van der Waals surface area contributed by atoms with E-state index < -0.39 is 0 Å². The first-order valence-corrected chi connectivity index (χ1v) is 6.02. The molecule has 0 saturated heterocycles. The van der Waals surface area contributed by atoms with Crippen LogP contribution < -0.4 is 5.32 Å². The van der Waals surface area contributed by atoms with Gasteiger partial charge >= 0.3 is 0 Å². The maximum atomic E-state index is 11.2. The third-order valence-corrected chi connectivity index (χ3v) is 2.07. The molecule has 5 nitrogen and oxygen atoms in total. The van der Waals surface area contributed by atoms with Crippen molar-refractivity contribution in [2.24, 2.45) is 5.92 Å². The highest BCUT2D eigenvalue weighted by molar-refractivity contribution is 5.81. The highest BCUT2D eigenvalue weighted by Crippen LogP contribution is 1.94. The molecule has 0 aromatic carbocycles. The van der Waals surface area contributed by atoms with Gasteiger partial charge in [0.2, 0.25) is 5.91 Å². The quantitative estimate of drug-likeness (QED) is 0.577. The van der Waals surface area contributed by atoms with E-state index in [2.05, 4.69) is 5.32 Å². The SMILES string of the molecule is CCCNC(=O)COCCOCC(=O)C(C)C. The van der Waals surface area contributed by atoms with Crippen molar-refractivity contribution in [2.45, 2.75) is 27.2 Å². The van der Waals surface area contributed by atoms with Gasteiger partial charge in [-0.1, -0.05) is 20.8 Å². The van der Waals surface area contributed by atoms with E-state index >= 15 is 0 Å². The predicted octanol–water partition coefficient (Wildman–Crippen LogP) is 0.771. The van der Waals surface area contributed by atoms with Gasteiger partial charge in [0, 0.05) is 12.5 Å². The zero-order valence-corrected chi connectivity index (χ0v) is 11.0. The van der Waals surface area contributed by atoms with Gasteiger partial charge < -0.3 is 14.8 Å². The first-order valence-electron chi connectivity index (χ1n) is 6.02. The fraction of sp³-hybridized carbons (Fsp3) is 0.833. The summed E-state index contributed by atoms with van der Waals surface area (Å²) in [5, 5.41) is 2.70. The van der Waals surface area contributed by atoms with Gasteiger partial charge in [-0.15, -0.1) is 0 Å². The Morgan fingerprint density at radius 3 is 2.24 bits per heavy atom. The summed E-state index contributed by atoms with van der Waals surface area (Å²) in [5.41, 5.74) is 0. The fourth-order valence-electron chi connectivity index (χ4n) is 0.938. The Morgan fingerprint density at radius 2 is 1.71 bits per heavy atom. The molecule has 0 bridgehead atoms. The highest BCUT2D eigenvalue weighted by Gasteiger charge is 2.06. The summed E-state index contributed by atoms with van der Waals surface area (Å²) in [4.78, 5) is 22.3. The van der Waals surface area contributed by atoms with Gasteiger partial charge in [0.1, 0.15) is 13.2 Å². The molecule has 0 atom stereocenters. The number of hydrogen-bond donors (Lipinski definition) is 1. The zero-order chi connectivity index (χ0) is 13.1. The summed E-state index contributed by atoms with van der Waals surface area (Å²) in [5.74, 6) is -0.0495. The lowest BCUT2D eigenvalue weighted by molar-refractivity contribution is -0.129. The van der Waals surface area contributed by atoms with E-state index in [4.69, 9.17) is 9.47 Å². The molecule has 0 aliphatic heterocycles. The molecular weight excluding hydrogens is 222 g/mol. The lowest BCUT2D eigenvalue weighted by Gasteiger charge is -2.07. The van der Waals surface area contributed by atoms with Gasteiger partial charge in [-0.25, -0.2) is 0 Å². The summed E-state index contributed by atoms with van der Waals surface area (Å²) in [7, 11) is 0. The van der Waals surface area contributed by atoms with Crippen LogP contribution in [0, 0.1) is 5.92 Å². The number of ketones is 1. The Morgan fingerprint density at radius 1 is 1.12 bits per heavy atom. The molecule has 0 aromatic rings. The molecule has 0 heterocycles. The third kappa shape index (κ3) is 9.96. The number of rotatable bonds is 10. The molecular formula is C12H23NO4. The van der Waals surface area contributed by atoms with E-state index in [-0.39, 0.29) is 30.8 Å². The molecule has 0 rings (SSSR count). The van der Waals surface area contributed by atoms with Crippen molar-refractivity contribution < 1.29 is 19.1 Å². The van der Waals surface area contributed by atoms with Gasteiger partial charge in [-0.3, -0.25) is 9.59 Å².